The van der Waals surface area contributed by atoms with Gasteiger partial charge in [0.1, 0.15) is 24.6 Å². The van der Waals surface area contributed by atoms with Gasteiger partial charge >= 0.3 is 0 Å². The van der Waals surface area contributed by atoms with Crippen LogP contribution in [0.3, 0.4) is 0 Å². The number of carbonyl (C=O) groups is 1. The van der Waals surface area contributed by atoms with Gasteiger partial charge in [0.15, 0.2) is 0 Å². The molecule has 0 unspecified atom stereocenters. The fraction of sp³-hybridized carbons (Fsp3) is 0.875. The second-order valence-corrected chi connectivity index (χ2v) is 2.93. The van der Waals surface area contributed by atoms with Crippen LogP contribution >= 0.6 is 0 Å². The molecule has 6 nitrogen and oxygen atoms in total. The molecule has 0 aliphatic heterocycles. The first-order valence-electron chi connectivity index (χ1n) is 4.17. The molecule has 0 aromatic carbocycles. The van der Waals surface area contributed by atoms with Gasteiger partial charge < -0.3 is 30.2 Å². The summed E-state index contributed by atoms with van der Waals surface area (Å²) >= 11 is 0. The van der Waals surface area contributed by atoms with Crippen LogP contribution < -0.4 is 5.73 Å². The van der Waals surface area contributed by atoms with Crippen molar-refractivity contribution in [1.29, 1.82) is 0 Å². The lowest BCUT2D eigenvalue weighted by atomic mass is 10.0. The minimum absolute atomic E-state index is 0.0490. The van der Waals surface area contributed by atoms with Crippen molar-refractivity contribution in [3.8, 4) is 0 Å². The van der Waals surface area contributed by atoms with Crippen LogP contribution in [0.25, 0.3) is 0 Å². The molecule has 0 aromatic rings. The monoisotopic (exact) mass is 207 g/mol. The lowest BCUT2D eigenvalue weighted by molar-refractivity contribution is -0.123. The lowest BCUT2D eigenvalue weighted by Gasteiger charge is -2.27. The third-order valence-electron chi connectivity index (χ3n) is 1.88. The number of aliphatic hydroxyl groups is 2. The molecule has 0 amide bonds. The molecule has 0 saturated carbocycles. The number of methoxy groups -OCH3 is 2. The molecule has 0 radical (unpaired) electrons. The summed E-state index contributed by atoms with van der Waals surface area (Å²) in [7, 11) is 2.69. The highest BCUT2D eigenvalue weighted by Crippen LogP contribution is 2.06. The number of aldehydes is 1. The molecule has 4 N–H and O–H groups in total. The van der Waals surface area contributed by atoms with Crippen LogP contribution in [0.4, 0.5) is 0 Å². The van der Waals surface area contributed by atoms with Gasteiger partial charge in [-0.15, -0.1) is 0 Å². The van der Waals surface area contributed by atoms with E-state index < -0.39 is 24.4 Å². The maximum absolute atomic E-state index is 10.4. The Bertz CT molecular complexity index is 166. The summed E-state index contributed by atoms with van der Waals surface area (Å²) in [5, 5.41) is 18.9. The first-order chi connectivity index (χ1) is 6.58. The van der Waals surface area contributed by atoms with Crippen molar-refractivity contribution >= 4 is 6.29 Å². The van der Waals surface area contributed by atoms with Crippen molar-refractivity contribution < 1.29 is 24.5 Å². The molecule has 0 bridgehead atoms. The minimum Gasteiger partial charge on any atom is -0.388 e. The van der Waals surface area contributed by atoms with E-state index in [1.807, 2.05) is 0 Å². The molecule has 0 aromatic heterocycles. The van der Waals surface area contributed by atoms with Crippen molar-refractivity contribution in [3.63, 3.8) is 0 Å². The van der Waals surface area contributed by atoms with Crippen molar-refractivity contribution in [2.75, 3.05) is 20.8 Å². The summed E-state index contributed by atoms with van der Waals surface area (Å²) in [4.78, 5) is 10.4. The predicted molar refractivity (Wildman–Crippen MR) is 48.7 cm³/mol. The average Bonchev–Trinajstić information content (AvgIpc) is 2.18. The van der Waals surface area contributed by atoms with Gasteiger partial charge in [-0.3, -0.25) is 0 Å². The summed E-state index contributed by atoms with van der Waals surface area (Å²) in [6.45, 7) is -0.0490. The summed E-state index contributed by atoms with van der Waals surface area (Å²) in [5.74, 6) is 0. The van der Waals surface area contributed by atoms with Crippen LogP contribution in [-0.2, 0) is 14.3 Å². The Morgan fingerprint density at radius 1 is 1.43 bits per heavy atom. The topological polar surface area (TPSA) is 102 Å². The van der Waals surface area contributed by atoms with Gasteiger partial charge in [0.25, 0.3) is 0 Å². The standard InChI is InChI=1S/C8H17NO5/c1-13-4-6(11)7(12)8(14-2)5(9)3-10/h3,5-8,11-12H,4,9H2,1-2H3/t5-,6+,7+,8+/m0/s1. The van der Waals surface area contributed by atoms with E-state index in [2.05, 4.69) is 4.74 Å². The van der Waals surface area contributed by atoms with Gasteiger partial charge in [0.05, 0.1) is 12.6 Å². The largest absolute Gasteiger partial charge is 0.388 e. The molecule has 0 rings (SSSR count). The van der Waals surface area contributed by atoms with Crippen molar-refractivity contribution in [2.24, 2.45) is 5.73 Å². The maximum Gasteiger partial charge on any atom is 0.139 e. The molecule has 0 fully saturated rings. The number of carbonyl (C=O) groups excluding carboxylic acids is 1. The van der Waals surface area contributed by atoms with E-state index in [-0.39, 0.29) is 6.61 Å². The van der Waals surface area contributed by atoms with Crippen molar-refractivity contribution in [2.45, 2.75) is 24.4 Å². The molecule has 84 valence electrons. The van der Waals surface area contributed by atoms with Gasteiger partial charge in [-0.1, -0.05) is 0 Å². The molecule has 4 atom stereocenters. The van der Waals surface area contributed by atoms with E-state index >= 15 is 0 Å². The fourth-order valence-corrected chi connectivity index (χ4v) is 1.09. The number of rotatable bonds is 7. The summed E-state index contributed by atoms with van der Waals surface area (Å²) < 4.78 is 9.45. The van der Waals surface area contributed by atoms with Gasteiger partial charge in [0, 0.05) is 14.2 Å². The Labute approximate surface area is 82.6 Å². The van der Waals surface area contributed by atoms with Crippen molar-refractivity contribution in [3.05, 3.63) is 0 Å². The van der Waals surface area contributed by atoms with E-state index in [9.17, 15) is 15.0 Å². The van der Waals surface area contributed by atoms with E-state index in [1.54, 1.807) is 0 Å². The van der Waals surface area contributed by atoms with Crippen LogP contribution in [0.1, 0.15) is 0 Å². The zero-order valence-electron chi connectivity index (χ0n) is 8.29. The molecule has 0 aliphatic rings. The Kier molecular flexibility index (Phi) is 6.60. The Hall–Kier alpha value is -0.530. The van der Waals surface area contributed by atoms with Crippen LogP contribution in [0, 0.1) is 0 Å². The zero-order valence-corrected chi connectivity index (χ0v) is 8.29. The number of aliphatic hydroxyl groups excluding tert-OH is 2. The predicted octanol–water partition coefficient (Wildman–Crippen LogP) is -2.10. The van der Waals surface area contributed by atoms with Crippen LogP contribution in [0.2, 0.25) is 0 Å². The molecule has 0 spiro atoms. The third-order valence-corrected chi connectivity index (χ3v) is 1.88. The molecule has 14 heavy (non-hydrogen) atoms. The molecule has 0 aliphatic carbocycles. The first-order valence-corrected chi connectivity index (χ1v) is 4.17. The van der Waals surface area contributed by atoms with Crippen LogP contribution in [0.5, 0.6) is 0 Å². The number of hydrogen-bond acceptors (Lipinski definition) is 6. The SMILES string of the molecule is COC[C@@H](O)[C@@H](O)[C@H](OC)[C@@H](N)C=O. The van der Waals surface area contributed by atoms with Gasteiger partial charge in [-0.25, -0.2) is 0 Å². The fourth-order valence-electron chi connectivity index (χ4n) is 1.09. The highest BCUT2D eigenvalue weighted by atomic mass is 16.5. The molecular formula is C8H17NO5. The molecule has 0 saturated heterocycles. The van der Waals surface area contributed by atoms with E-state index in [4.69, 9.17) is 10.5 Å². The minimum atomic E-state index is -1.25. The second kappa shape index (κ2) is 6.86. The highest BCUT2D eigenvalue weighted by molar-refractivity contribution is 5.58. The molecule has 0 heterocycles. The lowest BCUT2D eigenvalue weighted by Crippen LogP contribution is -2.51. The quantitative estimate of drug-likeness (QED) is 0.413. The smallest absolute Gasteiger partial charge is 0.139 e. The van der Waals surface area contributed by atoms with Gasteiger partial charge in [0.2, 0.25) is 0 Å². The number of nitrogens with two attached hydrogens (primary N) is 1. The summed E-state index contributed by atoms with van der Waals surface area (Å²) in [5.41, 5.74) is 5.36. The first kappa shape index (κ1) is 13.5. The maximum atomic E-state index is 10.4. The normalized spacial score (nSPS) is 19.8. The van der Waals surface area contributed by atoms with Crippen molar-refractivity contribution in [1.82, 2.24) is 0 Å². The summed E-state index contributed by atoms with van der Waals surface area (Å²) in [6, 6.07) is -0.971. The van der Waals surface area contributed by atoms with Gasteiger partial charge in [-0.05, 0) is 0 Å². The second-order valence-electron chi connectivity index (χ2n) is 2.93. The Morgan fingerprint density at radius 3 is 2.36 bits per heavy atom. The van der Waals surface area contributed by atoms with E-state index in [0.717, 1.165) is 0 Å². The Balaban J connectivity index is 4.28. The van der Waals surface area contributed by atoms with E-state index in [1.165, 1.54) is 14.2 Å². The third kappa shape index (κ3) is 3.69. The summed E-state index contributed by atoms with van der Waals surface area (Å²) in [6.07, 6.45) is -2.86. The molecule has 6 heteroatoms. The highest BCUT2D eigenvalue weighted by Gasteiger charge is 2.30. The molecular weight excluding hydrogens is 190 g/mol. The van der Waals surface area contributed by atoms with Crippen LogP contribution in [-0.4, -0.2) is 61.7 Å². The number of hydrogen-bond donors (Lipinski definition) is 3. The zero-order chi connectivity index (χ0) is 11.1. The van der Waals surface area contributed by atoms with E-state index in [0.29, 0.717) is 6.29 Å². The average molecular weight is 207 g/mol. The van der Waals surface area contributed by atoms with Gasteiger partial charge in [-0.2, -0.15) is 0 Å². The van der Waals surface area contributed by atoms with Crippen LogP contribution in [0.15, 0.2) is 0 Å². The number of ether oxygens (including phenoxy) is 2. The Morgan fingerprint density at radius 2 is 2.00 bits per heavy atom.